The molecule has 0 atom stereocenters. The summed E-state index contributed by atoms with van der Waals surface area (Å²) in [5, 5.41) is 5.43. The summed E-state index contributed by atoms with van der Waals surface area (Å²) in [6.07, 6.45) is 1.96. The Hall–Kier alpha value is -6.96. The van der Waals surface area contributed by atoms with Crippen LogP contribution < -0.4 is 9.80 Å². The molecule has 0 saturated carbocycles. The number of para-hydroxylation sites is 4. The van der Waals surface area contributed by atoms with E-state index in [9.17, 15) is 0 Å². The van der Waals surface area contributed by atoms with Gasteiger partial charge in [-0.2, -0.15) is 0 Å². The van der Waals surface area contributed by atoms with Crippen molar-refractivity contribution in [2.24, 2.45) is 0 Å². The van der Waals surface area contributed by atoms with Crippen LogP contribution in [0.1, 0.15) is 0 Å². The highest BCUT2D eigenvalue weighted by atomic mass is 32.1. The average molecular weight is 701 g/mol. The van der Waals surface area contributed by atoms with Gasteiger partial charge in [-0.25, -0.2) is 4.98 Å². The van der Waals surface area contributed by atoms with Crippen molar-refractivity contribution in [3.63, 3.8) is 0 Å². The molecule has 0 unspecified atom stereocenters. The lowest BCUT2D eigenvalue weighted by atomic mass is 10.1. The topological polar surface area (TPSA) is 58.5 Å². The molecule has 11 aromatic rings. The van der Waals surface area contributed by atoms with Gasteiger partial charge >= 0.3 is 0 Å². The van der Waals surface area contributed by atoms with Gasteiger partial charge in [0, 0.05) is 56.1 Å². The third kappa shape index (κ3) is 4.86. The van der Waals surface area contributed by atoms with Crippen molar-refractivity contribution in [2.75, 3.05) is 9.80 Å². The van der Waals surface area contributed by atoms with Crippen molar-refractivity contribution in [3.8, 4) is 0 Å². The van der Waals surface area contributed by atoms with Crippen LogP contribution in [0.3, 0.4) is 0 Å². The quantitative estimate of drug-likeness (QED) is 0.172. The van der Waals surface area contributed by atoms with Crippen molar-refractivity contribution < 1.29 is 8.83 Å². The molecule has 53 heavy (non-hydrogen) atoms. The van der Waals surface area contributed by atoms with Crippen LogP contribution in [0, 0.1) is 0 Å². The van der Waals surface area contributed by atoms with E-state index in [-0.39, 0.29) is 0 Å². The standard InChI is InChI=1S/C46H28N4O2S/c1-3-11-29(12-4-1)49(31-19-21-36-34-15-7-9-17-39(34)51-41(36)25-31)33-27-43-45(47-28-33)38-23-24-44(48-46(38)53-43)50(30-13-5-2-6-14-30)32-20-22-37-35-16-8-10-18-40(35)52-42(37)26-32/h1-28H. The summed E-state index contributed by atoms with van der Waals surface area (Å²) in [5.41, 5.74) is 9.34. The van der Waals surface area contributed by atoms with Gasteiger partial charge < -0.3 is 13.7 Å². The van der Waals surface area contributed by atoms with Crippen LogP contribution >= 0.6 is 11.3 Å². The van der Waals surface area contributed by atoms with E-state index in [1.165, 1.54) is 0 Å². The van der Waals surface area contributed by atoms with Crippen LogP contribution in [0.25, 0.3) is 64.3 Å². The molecule has 11 rings (SSSR count). The number of hydrogen-bond acceptors (Lipinski definition) is 7. The highest BCUT2D eigenvalue weighted by Crippen LogP contribution is 2.43. The van der Waals surface area contributed by atoms with E-state index >= 15 is 0 Å². The van der Waals surface area contributed by atoms with Gasteiger partial charge in [-0.15, -0.1) is 11.3 Å². The number of hydrogen-bond donors (Lipinski definition) is 0. The summed E-state index contributed by atoms with van der Waals surface area (Å²) >= 11 is 1.65. The van der Waals surface area contributed by atoms with Crippen LogP contribution in [-0.2, 0) is 0 Å². The zero-order valence-electron chi connectivity index (χ0n) is 28.2. The lowest BCUT2D eigenvalue weighted by Crippen LogP contribution is -2.11. The molecule has 0 amide bonds. The molecule has 0 radical (unpaired) electrons. The van der Waals surface area contributed by atoms with Gasteiger partial charge in [-0.05, 0) is 78.9 Å². The van der Waals surface area contributed by atoms with Crippen LogP contribution in [0.5, 0.6) is 0 Å². The Morgan fingerprint density at radius 2 is 0.943 bits per heavy atom. The van der Waals surface area contributed by atoms with E-state index in [0.29, 0.717) is 0 Å². The number of aromatic nitrogens is 2. The molecule has 0 N–H and O–H groups in total. The minimum Gasteiger partial charge on any atom is -0.456 e. The fourth-order valence-corrected chi connectivity index (χ4v) is 8.54. The summed E-state index contributed by atoms with van der Waals surface area (Å²) in [6, 6.07) is 56.3. The Bertz CT molecular complexity index is 2940. The van der Waals surface area contributed by atoms with Gasteiger partial charge in [0.1, 0.15) is 33.0 Å². The van der Waals surface area contributed by atoms with Crippen molar-refractivity contribution in [1.29, 1.82) is 0 Å². The first-order valence-corrected chi connectivity index (χ1v) is 18.3. The maximum Gasteiger partial charge on any atom is 0.139 e. The van der Waals surface area contributed by atoms with Crippen molar-refractivity contribution >= 4 is 110 Å². The first kappa shape index (κ1) is 29.7. The maximum atomic E-state index is 6.30. The normalized spacial score (nSPS) is 11.8. The number of benzene rings is 6. The molecule has 0 spiro atoms. The predicted octanol–water partition coefficient (Wildman–Crippen LogP) is 13.6. The van der Waals surface area contributed by atoms with Gasteiger partial charge in [0.05, 0.1) is 27.8 Å². The number of furan rings is 2. The molecule has 250 valence electrons. The molecule has 5 heterocycles. The van der Waals surface area contributed by atoms with E-state index in [2.05, 4.69) is 125 Å². The molecule has 5 aromatic heterocycles. The van der Waals surface area contributed by atoms with E-state index in [0.717, 1.165) is 98.6 Å². The summed E-state index contributed by atoms with van der Waals surface area (Å²) in [4.78, 5) is 15.7. The third-order valence-corrected chi connectivity index (χ3v) is 10.9. The molecule has 0 fully saturated rings. The second kappa shape index (κ2) is 11.8. The fourth-order valence-electron chi connectivity index (χ4n) is 7.48. The Kier molecular flexibility index (Phi) is 6.62. The second-order valence-corrected chi connectivity index (χ2v) is 14.1. The monoisotopic (exact) mass is 700 g/mol. The van der Waals surface area contributed by atoms with E-state index in [4.69, 9.17) is 18.8 Å². The lowest BCUT2D eigenvalue weighted by molar-refractivity contribution is 0.668. The molecule has 0 saturated heterocycles. The molecular weight excluding hydrogens is 673 g/mol. The number of nitrogens with zero attached hydrogens (tertiary/aromatic N) is 4. The smallest absolute Gasteiger partial charge is 0.139 e. The van der Waals surface area contributed by atoms with Crippen molar-refractivity contribution in [2.45, 2.75) is 0 Å². The largest absolute Gasteiger partial charge is 0.456 e. The molecular formula is C46H28N4O2S. The first-order chi connectivity index (χ1) is 26.2. The van der Waals surface area contributed by atoms with Crippen molar-refractivity contribution in [1.82, 2.24) is 9.97 Å². The summed E-state index contributed by atoms with van der Waals surface area (Å²) < 4.78 is 13.6. The summed E-state index contributed by atoms with van der Waals surface area (Å²) in [5.74, 6) is 0.816. The maximum absolute atomic E-state index is 6.30. The predicted molar refractivity (Wildman–Crippen MR) is 219 cm³/mol. The summed E-state index contributed by atoms with van der Waals surface area (Å²) in [6.45, 7) is 0. The molecule has 7 heteroatoms. The van der Waals surface area contributed by atoms with Crippen LogP contribution in [-0.4, -0.2) is 9.97 Å². The van der Waals surface area contributed by atoms with E-state index in [1.54, 1.807) is 11.3 Å². The molecule has 6 aromatic carbocycles. The highest BCUT2D eigenvalue weighted by molar-refractivity contribution is 7.25. The van der Waals surface area contributed by atoms with Crippen molar-refractivity contribution in [3.05, 3.63) is 170 Å². The minimum atomic E-state index is 0.816. The van der Waals surface area contributed by atoms with Crippen LogP contribution in [0.2, 0.25) is 0 Å². The van der Waals surface area contributed by atoms with E-state index < -0.39 is 0 Å². The number of rotatable bonds is 6. The van der Waals surface area contributed by atoms with Gasteiger partial charge in [0.15, 0.2) is 0 Å². The third-order valence-electron chi connectivity index (χ3n) is 9.90. The second-order valence-electron chi connectivity index (χ2n) is 13.1. The average Bonchev–Trinajstić information content (AvgIpc) is 3.89. The fraction of sp³-hybridized carbons (Fsp3) is 0. The van der Waals surface area contributed by atoms with Gasteiger partial charge in [0.25, 0.3) is 0 Å². The molecule has 0 aliphatic rings. The van der Waals surface area contributed by atoms with Gasteiger partial charge in [-0.3, -0.25) is 9.88 Å². The Labute approximate surface area is 307 Å². The van der Waals surface area contributed by atoms with E-state index in [1.807, 2.05) is 54.7 Å². The lowest BCUT2D eigenvalue weighted by Gasteiger charge is -2.25. The minimum absolute atomic E-state index is 0.816. The Morgan fingerprint density at radius 3 is 1.58 bits per heavy atom. The van der Waals surface area contributed by atoms with Gasteiger partial charge in [0.2, 0.25) is 0 Å². The number of anilines is 6. The molecule has 0 bridgehead atoms. The first-order valence-electron chi connectivity index (χ1n) is 17.5. The Balaban J connectivity index is 1.03. The number of fused-ring (bicyclic) bond motifs is 9. The van der Waals surface area contributed by atoms with Crippen LogP contribution in [0.15, 0.2) is 179 Å². The molecule has 0 aliphatic heterocycles. The zero-order chi connectivity index (χ0) is 34.9. The SMILES string of the molecule is c1ccc(N(c2ccc3c(c2)oc2ccccc23)c2cnc3c(c2)sc2nc(N(c4ccccc4)c4ccc5c(c4)oc4ccccc45)ccc23)cc1. The number of pyridine rings is 2. The highest BCUT2D eigenvalue weighted by Gasteiger charge is 2.20. The van der Waals surface area contributed by atoms with Crippen LogP contribution in [0.4, 0.5) is 34.3 Å². The summed E-state index contributed by atoms with van der Waals surface area (Å²) in [7, 11) is 0. The van der Waals surface area contributed by atoms with Gasteiger partial charge in [-0.1, -0.05) is 72.8 Å². The molecule has 6 nitrogen and oxygen atoms in total. The number of thiophene rings is 1. The molecule has 0 aliphatic carbocycles. The zero-order valence-corrected chi connectivity index (χ0v) is 29.0. The Morgan fingerprint density at radius 1 is 0.415 bits per heavy atom.